The zero-order chi connectivity index (χ0) is 13.9. The van der Waals surface area contributed by atoms with Crippen LogP contribution in [0.2, 0.25) is 0 Å². The van der Waals surface area contributed by atoms with Crippen LogP contribution in [0, 0.1) is 3.57 Å². The van der Waals surface area contributed by atoms with Gasteiger partial charge in [-0.05, 0) is 46.9 Å². The van der Waals surface area contributed by atoms with Crippen LogP contribution in [0.5, 0.6) is 0 Å². The topological polar surface area (TPSA) is 59.3 Å². The number of carbonyl (C=O) groups excluding carboxylic acids is 1. The Balaban J connectivity index is 1.77. The third kappa shape index (κ3) is 2.51. The summed E-state index contributed by atoms with van der Waals surface area (Å²) < 4.78 is 2.78. The van der Waals surface area contributed by atoms with Gasteiger partial charge in [-0.25, -0.2) is 0 Å². The number of fused-ring (bicyclic) bond motifs is 1. The molecule has 0 unspecified atom stereocenters. The Kier molecular flexibility index (Phi) is 3.64. The molecule has 0 fully saturated rings. The van der Waals surface area contributed by atoms with Crippen molar-refractivity contribution in [2.45, 2.75) is 6.54 Å². The third-order valence-corrected chi connectivity index (χ3v) is 3.85. The molecule has 0 saturated heterocycles. The molecule has 0 aliphatic rings. The van der Waals surface area contributed by atoms with Gasteiger partial charge in [-0.1, -0.05) is 18.2 Å². The van der Waals surface area contributed by atoms with E-state index in [9.17, 15) is 4.79 Å². The van der Waals surface area contributed by atoms with Gasteiger partial charge in [-0.15, -0.1) is 10.2 Å². The summed E-state index contributed by atoms with van der Waals surface area (Å²) in [6.07, 6.45) is 1.88. The van der Waals surface area contributed by atoms with Gasteiger partial charge in [0.25, 0.3) is 5.91 Å². The van der Waals surface area contributed by atoms with E-state index in [0.29, 0.717) is 17.9 Å². The first kappa shape index (κ1) is 13.0. The summed E-state index contributed by atoms with van der Waals surface area (Å²) in [5.74, 6) is 0.600. The van der Waals surface area contributed by atoms with Gasteiger partial charge >= 0.3 is 0 Å². The van der Waals surface area contributed by atoms with Crippen molar-refractivity contribution in [3.63, 3.8) is 0 Å². The minimum absolute atomic E-state index is 0.109. The summed E-state index contributed by atoms with van der Waals surface area (Å²) >= 11 is 2.15. The molecule has 0 spiro atoms. The second-order valence-corrected chi connectivity index (χ2v) is 5.37. The van der Waals surface area contributed by atoms with Crippen LogP contribution in [-0.2, 0) is 6.54 Å². The van der Waals surface area contributed by atoms with Crippen LogP contribution in [0.3, 0.4) is 0 Å². The van der Waals surface area contributed by atoms with E-state index in [1.54, 1.807) is 6.07 Å². The predicted octanol–water partition coefficient (Wildman–Crippen LogP) is 2.26. The first-order valence-electron chi connectivity index (χ1n) is 6.07. The maximum Gasteiger partial charge on any atom is 0.252 e. The highest BCUT2D eigenvalue weighted by molar-refractivity contribution is 14.1. The molecule has 2 heterocycles. The maximum absolute atomic E-state index is 12.1. The number of rotatable bonds is 3. The molecular weight excluding hydrogens is 367 g/mol. The molecule has 2 aromatic heterocycles. The molecular formula is C14H11IN4O. The molecule has 1 aromatic carbocycles. The quantitative estimate of drug-likeness (QED) is 0.712. The Bertz CT molecular complexity index is 768. The van der Waals surface area contributed by atoms with E-state index in [-0.39, 0.29) is 5.91 Å². The highest BCUT2D eigenvalue weighted by Gasteiger charge is 2.10. The lowest BCUT2D eigenvalue weighted by Crippen LogP contribution is -2.24. The first-order valence-corrected chi connectivity index (χ1v) is 7.15. The van der Waals surface area contributed by atoms with Gasteiger partial charge in [0.2, 0.25) is 0 Å². The van der Waals surface area contributed by atoms with Crippen LogP contribution in [0.15, 0.2) is 48.7 Å². The molecule has 0 atom stereocenters. The Hall–Kier alpha value is -1.96. The zero-order valence-corrected chi connectivity index (χ0v) is 12.6. The monoisotopic (exact) mass is 378 g/mol. The van der Waals surface area contributed by atoms with Crippen LogP contribution in [0.25, 0.3) is 5.65 Å². The minimum Gasteiger partial charge on any atom is -0.345 e. The molecule has 0 radical (unpaired) electrons. The summed E-state index contributed by atoms with van der Waals surface area (Å²) in [4.78, 5) is 12.1. The van der Waals surface area contributed by atoms with Gasteiger partial charge in [0.1, 0.15) is 0 Å². The number of benzene rings is 1. The molecule has 5 nitrogen and oxygen atoms in total. The van der Waals surface area contributed by atoms with Crippen LogP contribution in [0.1, 0.15) is 16.2 Å². The van der Waals surface area contributed by atoms with E-state index in [1.807, 2.05) is 47.0 Å². The molecule has 6 heteroatoms. The fraction of sp³-hybridized carbons (Fsp3) is 0.0714. The Morgan fingerprint density at radius 2 is 1.95 bits per heavy atom. The fourth-order valence-electron chi connectivity index (χ4n) is 1.91. The van der Waals surface area contributed by atoms with Crippen LogP contribution in [-0.4, -0.2) is 20.5 Å². The maximum atomic E-state index is 12.1. The normalized spacial score (nSPS) is 10.7. The van der Waals surface area contributed by atoms with Gasteiger partial charge in [0, 0.05) is 9.77 Å². The largest absolute Gasteiger partial charge is 0.345 e. The lowest BCUT2D eigenvalue weighted by atomic mass is 10.2. The van der Waals surface area contributed by atoms with E-state index in [4.69, 9.17) is 0 Å². The number of halogens is 1. The molecule has 20 heavy (non-hydrogen) atoms. The van der Waals surface area contributed by atoms with Crippen molar-refractivity contribution in [1.29, 1.82) is 0 Å². The number of pyridine rings is 1. The van der Waals surface area contributed by atoms with Crippen molar-refractivity contribution in [3.05, 3.63) is 63.6 Å². The molecule has 3 rings (SSSR count). The van der Waals surface area contributed by atoms with Crippen LogP contribution >= 0.6 is 22.6 Å². The molecule has 0 bridgehead atoms. The van der Waals surface area contributed by atoms with Gasteiger partial charge in [0.05, 0.1) is 12.1 Å². The number of hydrogen-bond acceptors (Lipinski definition) is 3. The van der Waals surface area contributed by atoms with Crippen LogP contribution in [0.4, 0.5) is 0 Å². The van der Waals surface area contributed by atoms with E-state index >= 15 is 0 Å². The smallest absolute Gasteiger partial charge is 0.252 e. The second kappa shape index (κ2) is 5.58. The van der Waals surface area contributed by atoms with Crippen molar-refractivity contribution in [3.8, 4) is 0 Å². The summed E-state index contributed by atoms with van der Waals surface area (Å²) in [7, 11) is 0. The van der Waals surface area contributed by atoms with Crippen molar-refractivity contribution in [2.24, 2.45) is 0 Å². The Labute approximate surface area is 129 Å². The Morgan fingerprint density at radius 1 is 1.15 bits per heavy atom. The standard InChI is InChI=1S/C14H11IN4O/c15-11-6-2-1-5-10(11)14(20)16-9-13-18-17-12-7-3-4-8-19(12)13/h1-8H,9H2,(H,16,20). The van der Waals surface area contributed by atoms with Crippen molar-refractivity contribution in [2.75, 3.05) is 0 Å². The van der Waals surface area contributed by atoms with Crippen molar-refractivity contribution in [1.82, 2.24) is 19.9 Å². The fourth-order valence-corrected chi connectivity index (χ4v) is 2.54. The predicted molar refractivity (Wildman–Crippen MR) is 83.3 cm³/mol. The summed E-state index contributed by atoms with van der Waals surface area (Å²) in [6.45, 7) is 0.342. The molecule has 0 saturated carbocycles. The molecule has 3 aromatic rings. The van der Waals surface area contributed by atoms with Crippen LogP contribution < -0.4 is 5.32 Å². The van der Waals surface area contributed by atoms with E-state index in [2.05, 4.69) is 38.1 Å². The second-order valence-electron chi connectivity index (χ2n) is 4.21. The third-order valence-electron chi connectivity index (χ3n) is 2.91. The van der Waals surface area contributed by atoms with E-state index in [1.165, 1.54) is 0 Å². The van der Waals surface area contributed by atoms with Crippen molar-refractivity contribution >= 4 is 34.1 Å². The van der Waals surface area contributed by atoms with Gasteiger partial charge in [-0.3, -0.25) is 9.20 Å². The molecule has 100 valence electrons. The van der Waals surface area contributed by atoms with Crippen molar-refractivity contribution < 1.29 is 4.79 Å². The van der Waals surface area contributed by atoms with E-state index < -0.39 is 0 Å². The molecule has 0 aliphatic heterocycles. The highest BCUT2D eigenvalue weighted by Crippen LogP contribution is 2.11. The average Bonchev–Trinajstić information content (AvgIpc) is 2.88. The SMILES string of the molecule is O=C(NCc1nnc2ccccn12)c1ccccc1I. The van der Waals surface area contributed by atoms with Gasteiger partial charge in [-0.2, -0.15) is 0 Å². The zero-order valence-electron chi connectivity index (χ0n) is 10.5. The number of nitrogens with zero attached hydrogens (tertiary/aromatic N) is 3. The average molecular weight is 378 g/mol. The minimum atomic E-state index is -0.109. The molecule has 0 aliphatic carbocycles. The van der Waals surface area contributed by atoms with Gasteiger partial charge < -0.3 is 5.32 Å². The number of aromatic nitrogens is 3. The lowest BCUT2D eigenvalue weighted by molar-refractivity contribution is 0.0949. The summed E-state index contributed by atoms with van der Waals surface area (Å²) in [5, 5.41) is 11.0. The van der Waals surface area contributed by atoms with Gasteiger partial charge in [0.15, 0.2) is 11.5 Å². The highest BCUT2D eigenvalue weighted by atomic mass is 127. The number of nitrogens with one attached hydrogen (secondary N) is 1. The summed E-state index contributed by atoms with van der Waals surface area (Å²) in [5.41, 5.74) is 1.44. The Morgan fingerprint density at radius 3 is 2.80 bits per heavy atom. The molecule has 1 amide bonds. The number of hydrogen-bond donors (Lipinski definition) is 1. The van der Waals surface area contributed by atoms with E-state index in [0.717, 1.165) is 9.22 Å². The number of carbonyl (C=O) groups is 1. The summed E-state index contributed by atoms with van der Waals surface area (Å²) in [6, 6.07) is 13.1. The first-order chi connectivity index (χ1) is 9.75. The molecule has 1 N–H and O–H groups in total. The lowest BCUT2D eigenvalue weighted by Gasteiger charge is -2.05. The number of amides is 1.